The van der Waals surface area contributed by atoms with Crippen molar-refractivity contribution in [2.24, 2.45) is 5.73 Å². The molecular formula is C4H6N2O4. The van der Waals surface area contributed by atoms with Crippen molar-refractivity contribution < 1.29 is 19.5 Å². The number of carbonyl (C=O) groups is 2. The summed E-state index contributed by atoms with van der Waals surface area (Å²) in [5.74, 6) is -0.784. The molecule has 2 amide bonds. The first-order valence-electron chi connectivity index (χ1n) is 2.57. The fraction of sp³-hybridized carbons (Fsp3) is 0.500. The molecule has 1 aliphatic rings. The van der Waals surface area contributed by atoms with Crippen molar-refractivity contribution in [3.63, 3.8) is 0 Å². The van der Waals surface area contributed by atoms with Gasteiger partial charge < -0.3 is 10.5 Å². The number of rotatable bonds is 1. The van der Waals surface area contributed by atoms with Crippen LogP contribution >= 0.6 is 0 Å². The van der Waals surface area contributed by atoms with Crippen molar-refractivity contribution in [1.82, 2.24) is 5.06 Å². The molecule has 1 saturated heterocycles. The summed E-state index contributed by atoms with van der Waals surface area (Å²) in [5.41, 5.74) is 4.78. The van der Waals surface area contributed by atoms with Crippen LogP contribution in [0.15, 0.2) is 0 Å². The standard InChI is InChI=1S/C4H6N2O4/c5-3(7)2-1-10-4(8)6(2)9/h2,9H,1H2,(H2,5,7). The van der Waals surface area contributed by atoms with Crippen LogP contribution in [0.5, 0.6) is 0 Å². The van der Waals surface area contributed by atoms with Gasteiger partial charge in [-0.1, -0.05) is 0 Å². The van der Waals surface area contributed by atoms with E-state index in [1.807, 2.05) is 0 Å². The second kappa shape index (κ2) is 2.14. The molecule has 0 aromatic heterocycles. The quantitative estimate of drug-likeness (QED) is 0.449. The minimum atomic E-state index is -1.03. The summed E-state index contributed by atoms with van der Waals surface area (Å²) in [7, 11) is 0. The van der Waals surface area contributed by atoms with Crippen LogP contribution in [0.1, 0.15) is 0 Å². The zero-order chi connectivity index (χ0) is 7.72. The van der Waals surface area contributed by atoms with Gasteiger partial charge in [0.1, 0.15) is 6.61 Å². The summed E-state index contributed by atoms with van der Waals surface area (Å²) < 4.78 is 4.28. The summed E-state index contributed by atoms with van der Waals surface area (Å²) in [6.07, 6.45) is -0.941. The molecule has 0 aromatic rings. The molecule has 3 N–H and O–H groups in total. The number of hydrogen-bond donors (Lipinski definition) is 2. The SMILES string of the molecule is NC(=O)C1COC(=O)N1O. The number of hydrogen-bond acceptors (Lipinski definition) is 4. The molecule has 0 aromatic carbocycles. The van der Waals surface area contributed by atoms with E-state index in [0.29, 0.717) is 0 Å². The third-order valence-corrected chi connectivity index (χ3v) is 1.18. The van der Waals surface area contributed by atoms with Crippen molar-refractivity contribution in [3.8, 4) is 0 Å². The highest BCUT2D eigenvalue weighted by Gasteiger charge is 2.35. The van der Waals surface area contributed by atoms with Gasteiger partial charge in [0.15, 0.2) is 6.04 Å². The lowest BCUT2D eigenvalue weighted by Gasteiger charge is -2.08. The largest absolute Gasteiger partial charge is 0.445 e. The number of cyclic esters (lactones) is 1. The summed E-state index contributed by atoms with van der Waals surface area (Å²) in [6.45, 7) is -0.176. The minimum absolute atomic E-state index is 0.176. The molecule has 56 valence electrons. The van der Waals surface area contributed by atoms with Crippen LogP contribution in [0.25, 0.3) is 0 Å². The molecule has 6 nitrogen and oxygen atoms in total. The third kappa shape index (κ3) is 0.883. The molecule has 1 rings (SSSR count). The van der Waals surface area contributed by atoms with E-state index >= 15 is 0 Å². The Balaban J connectivity index is 2.66. The zero-order valence-corrected chi connectivity index (χ0v) is 4.98. The maximum atomic E-state index is 10.3. The molecule has 0 bridgehead atoms. The smallest absolute Gasteiger partial charge is 0.434 e. The molecule has 6 heteroatoms. The van der Waals surface area contributed by atoms with E-state index in [4.69, 9.17) is 10.9 Å². The lowest BCUT2D eigenvalue weighted by Crippen LogP contribution is -2.41. The first-order chi connectivity index (χ1) is 4.63. The molecular weight excluding hydrogens is 140 g/mol. The van der Waals surface area contributed by atoms with E-state index in [1.54, 1.807) is 0 Å². The van der Waals surface area contributed by atoms with E-state index < -0.39 is 18.0 Å². The lowest BCUT2D eigenvalue weighted by molar-refractivity contribution is -0.132. The van der Waals surface area contributed by atoms with Gasteiger partial charge in [-0.25, -0.2) is 4.79 Å². The Bertz CT molecular complexity index is 180. The Hall–Kier alpha value is -1.30. The lowest BCUT2D eigenvalue weighted by atomic mass is 10.3. The second-order valence-corrected chi connectivity index (χ2v) is 1.84. The van der Waals surface area contributed by atoms with Crippen LogP contribution in [0.4, 0.5) is 4.79 Å². The van der Waals surface area contributed by atoms with Gasteiger partial charge in [-0.2, -0.15) is 5.06 Å². The molecule has 0 spiro atoms. The van der Waals surface area contributed by atoms with Gasteiger partial charge in [-0.05, 0) is 0 Å². The number of primary amides is 1. The van der Waals surface area contributed by atoms with Gasteiger partial charge in [0.05, 0.1) is 0 Å². The summed E-state index contributed by atoms with van der Waals surface area (Å²) in [5, 5.41) is 8.87. The van der Waals surface area contributed by atoms with Crippen molar-refractivity contribution in [3.05, 3.63) is 0 Å². The van der Waals surface area contributed by atoms with E-state index in [2.05, 4.69) is 4.74 Å². The molecule has 1 aliphatic heterocycles. The topological polar surface area (TPSA) is 92.9 Å². The van der Waals surface area contributed by atoms with Crippen LogP contribution in [0.3, 0.4) is 0 Å². The van der Waals surface area contributed by atoms with E-state index in [-0.39, 0.29) is 11.7 Å². The average molecular weight is 146 g/mol. The van der Waals surface area contributed by atoms with E-state index in [9.17, 15) is 9.59 Å². The summed E-state index contributed by atoms with van der Waals surface area (Å²) in [4.78, 5) is 20.7. The molecule has 0 radical (unpaired) electrons. The van der Waals surface area contributed by atoms with Crippen molar-refractivity contribution >= 4 is 12.0 Å². The fourth-order valence-electron chi connectivity index (χ4n) is 0.617. The average Bonchev–Trinajstić information content (AvgIpc) is 2.14. The molecule has 1 heterocycles. The van der Waals surface area contributed by atoms with Crippen LogP contribution in [0.2, 0.25) is 0 Å². The monoisotopic (exact) mass is 146 g/mol. The number of nitrogens with zero attached hydrogens (tertiary/aromatic N) is 1. The first kappa shape index (κ1) is 6.81. The molecule has 0 saturated carbocycles. The van der Waals surface area contributed by atoms with Crippen molar-refractivity contribution in [2.45, 2.75) is 6.04 Å². The van der Waals surface area contributed by atoms with Crippen LogP contribution in [-0.4, -0.2) is 34.9 Å². The predicted octanol–water partition coefficient (Wildman–Crippen LogP) is -1.32. The minimum Gasteiger partial charge on any atom is -0.445 e. The maximum absolute atomic E-state index is 10.3. The molecule has 10 heavy (non-hydrogen) atoms. The van der Waals surface area contributed by atoms with Crippen molar-refractivity contribution in [1.29, 1.82) is 0 Å². The Morgan fingerprint density at radius 1 is 1.90 bits per heavy atom. The first-order valence-corrected chi connectivity index (χ1v) is 2.57. The summed E-state index contributed by atoms with van der Waals surface area (Å²) in [6, 6.07) is -1.03. The van der Waals surface area contributed by atoms with Gasteiger partial charge in [-0.15, -0.1) is 0 Å². The van der Waals surface area contributed by atoms with Crippen LogP contribution in [-0.2, 0) is 9.53 Å². The van der Waals surface area contributed by atoms with Crippen LogP contribution < -0.4 is 5.73 Å². The van der Waals surface area contributed by atoms with Gasteiger partial charge in [0.25, 0.3) is 0 Å². The van der Waals surface area contributed by atoms with Gasteiger partial charge in [0.2, 0.25) is 5.91 Å². The van der Waals surface area contributed by atoms with Gasteiger partial charge >= 0.3 is 6.09 Å². The van der Waals surface area contributed by atoms with Crippen molar-refractivity contribution in [2.75, 3.05) is 6.61 Å². The molecule has 1 atom stereocenters. The maximum Gasteiger partial charge on any atom is 0.434 e. The Morgan fingerprint density at radius 3 is 2.70 bits per heavy atom. The Labute approximate surface area is 56.1 Å². The normalized spacial score (nSPS) is 24.7. The van der Waals surface area contributed by atoms with E-state index in [1.165, 1.54) is 0 Å². The Morgan fingerprint density at radius 2 is 2.50 bits per heavy atom. The number of nitrogens with two attached hydrogens (primary N) is 1. The fourth-order valence-corrected chi connectivity index (χ4v) is 0.617. The molecule has 1 fully saturated rings. The van der Waals surface area contributed by atoms with Gasteiger partial charge in [-0.3, -0.25) is 10.0 Å². The summed E-state index contributed by atoms with van der Waals surface area (Å²) >= 11 is 0. The third-order valence-electron chi connectivity index (χ3n) is 1.18. The molecule has 1 unspecified atom stereocenters. The second-order valence-electron chi connectivity index (χ2n) is 1.84. The number of carbonyl (C=O) groups excluding carboxylic acids is 2. The zero-order valence-electron chi connectivity index (χ0n) is 4.98. The highest BCUT2D eigenvalue weighted by atomic mass is 16.7. The van der Waals surface area contributed by atoms with Crippen LogP contribution in [0, 0.1) is 0 Å². The number of amides is 2. The highest BCUT2D eigenvalue weighted by Crippen LogP contribution is 2.07. The van der Waals surface area contributed by atoms with E-state index in [0.717, 1.165) is 0 Å². The number of hydroxylamine groups is 2. The Kier molecular flexibility index (Phi) is 1.46. The van der Waals surface area contributed by atoms with Gasteiger partial charge in [0, 0.05) is 0 Å². The highest BCUT2D eigenvalue weighted by molar-refractivity contribution is 5.85. The predicted molar refractivity (Wildman–Crippen MR) is 28.0 cm³/mol. The molecule has 0 aliphatic carbocycles. The number of ether oxygens (including phenoxy) is 1.